The van der Waals surface area contributed by atoms with Crippen molar-refractivity contribution in [2.45, 2.75) is 32.6 Å². The lowest BCUT2D eigenvalue weighted by atomic mass is 10.1. The van der Waals surface area contributed by atoms with E-state index in [1.807, 2.05) is 11.8 Å². The Morgan fingerprint density at radius 1 is 0.900 bits per heavy atom. The van der Waals surface area contributed by atoms with E-state index in [1.54, 1.807) is 0 Å². The Morgan fingerprint density at radius 2 is 1.55 bits per heavy atom. The van der Waals surface area contributed by atoms with Crippen LogP contribution in [-0.4, -0.2) is 5.75 Å². The van der Waals surface area contributed by atoms with E-state index in [2.05, 4.69) is 67.7 Å². The van der Waals surface area contributed by atoms with Gasteiger partial charge >= 0.3 is 0 Å². The summed E-state index contributed by atoms with van der Waals surface area (Å²) >= 11 is 2.00. The lowest BCUT2D eigenvalue weighted by Crippen LogP contribution is -1.99. The molecular weight excluding hydrogens is 262 g/mol. The van der Waals surface area contributed by atoms with Crippen molar-refractivity contribution >= 4 is 17.4 Å². The number of hydrogen-bond donors (Lipinski definition) is 1. The Bertz CT molecular complexity index is 502. The summed E-state index contributed by atoms with van der Waals surface area (Å²) in [5, 5.41) is 3.47. The molecule has 0 aliphatic carbocycles. The summed E-state index contributed by atoms with van der Waals surface area (Å²) in [6.45, 7) is 5.22. The summed E-state index contributed by atoms with van der Waals surface area (Å²) in [5.41, 5.74) is 5.22. The van der Waals surface area contributed by atoms with Crippen LogP contribution >= 0.6 is 11.8 Å². The smallest absolute Gasteiger partial charge is 0.0400 e. The first-order valence-corrected chi connectivity index (χ1v) is 8.39. The molecule has 2 heteroatoms. The highest BCUT2D eigenvalue weighted by molar-refractivity contribution is 7.98. The Hall–Kier alpha value is -1.41. The fourth-order valence-corrected chi connectivity index (χ4v) is 2.82. The monoisotopic (exact) mass is 285 g/mol. The molecule has 0 fully saturated rings. The minimum absolute atomic E-state index is 0.879. The molecule has 2 aromatic carbocycles. The second-order valence-corrected chi connectivity index (χ2v) is 6.19. The van der Waals surface area contributed by atoms with Crippen LogP contribution in [0.3, 0.4) is 0 Å². The number of benzene rings is 2. The predicted octanol–water partition coefficient (Wildman–Crippen LogP) is 5.25. The summed E-state index contributed by atoms with van der Waals surface area (Å²) in [4.78, 5) is 0. The molecule has 0 aliphatic rings. The predicted molar refractivity (Wildman–Crippen MR) is 91.4 cm³/mol. The number of anilines is 1. The van der Waals surface area contributed by atoms with Gasteiger partial charge in [0.2, 0.25) is 0 Å². The molecule has 106 valence electrons. The first kappa shape index (κ1) is 15.0. The lowest BCUT2D eigenvalue weighted by molar-refractivity contribution is 1.10. The molecule has 0 radical (unpaired) electrons. The maximum Gasteiger partial charge on any atom is 0.0400 e. The molecule has 20 heavy (non-hydrogen) atoms. The molecule has 0 spiro atoms. The SMILES string of the molecule is CCCSCc1ccc(NCc2ccc(C)cc2)cc1. The molecule has 0 heterocycles. The Balaban J connectivity index is 1.82. The summed E-state index contributed by atoms with van der Waals surface area (Å²) in [6, 6.07) is 17.5. The largest absolute Gasteiger partial charge is 0.381 e. The van der Waals surface area contributed by atoms with Gasteiger partial charge in [-0.3, -0.25) is 0 Å². The van der Waals surface area contributed by atoms with E-state index in [0.717, 1.165) is 12.3 Å². The summed E-state index contributed by atoms with van der Waals surface area (Å²) in [5.74, 6) is 2.36. The fraction of sp³-hybridized carbons (Fsp3) is 0.333. The van der Waals surface area contributed by atoms with Crippen molar-refractivity contribution in [3.63, 3.8) is 0 Å². The molecule has 1 nitrogen and oxygen atoms in total. The van der Waals surface area contributed by atoms with Crippen LogP contribution in [0.5, 0.6) is 0 Å². The van der Waals surface area contributed by atoms with E-state index in [0.29, 0.717) is 0 Å². The third-order valence-corrected chi connectivity index (χ3v) is 4.42. The normalized spacial score (nSPS) is 10.5. The fourth-order valence-electron chi connectivity index (χ4n) is 1.96. The van der Waals surface area contributed by atoms with Crippen molar-refractivity contribution in [3.05, 3.63) is 65.2 Å². The van der Waals surface area contributed by atoms with Gasteiger partial charge < -0.3 is 5.32 Å². The number of aryl methyl sites for hydroxylation is 1. The van der Waals surface area contributed by atoms with Crippen molar-refractivity contribution in [1.29, 1.82) is 0 Å². The molecule has 0 saturated heterocycles. The second kappa shape index (κ2) is 8.01. The Morgan fingerprint density at radius 3 is 2.20 bits per heavy atom. The Labute approximate surface area is 126 Å². The van der Waals surface area contributed by atoms with E-state index in [4.69, 9.17) is 0 Å². The molecule has 2 rings (SSSR count). The first-order valence-electron chi connectivity index (χ1n) is 7.24. The minimum atomic E-state index is 0.879. The highest BCUT2D eigenvalue weighted by atomic mass is 32.2. The van der Waals surface area contributed by atoms with Crippen molar-refractivity contribution in [1.82, 2.24) is 0 Å². The van der Waals surface area contributed by atoms with Crippen LogP contribution < -0.4 is 5.32 Å². The van der Waals surface area contributed by atoms with Crippen LogP contribution in [0.1, 0.15) is 30.0 Å². The molecular formula is C18H23NS. The summed E-state index contributed by atoms with van der Waals surface area (Å²) in [6.07, 6.45) is 1.25. The average Bonchev–Trinajstić information content (AvgIpc) is 2.48. The van der Waals surface area contributed by atoms with Gasteiger partial charge in [0.25, 0.3) is 0 Å². The van der Waals surface area contributed by atoms with Crippen LogP contribution in [0.4, 0.5) is 5.69 Å². The van der Waals surface area contributed by atoms with Gasteiger partial charge in [-0.15, -0.1) is 0 Å². The zero-order valence-electron chi connectivity index (χ0n) is 12.4. The molecule has 0 aromatic heterocycles. The molecule has 0 unspecified atom stereocenters. The lowest BCUT2D eigenvalue weighted by Gasteiger charge is -2.08. The second-order valence-electron chi connectivity index (χ2n) is 5.09. The zero-order chi connectivity index (χ0) is 14.2. The van der Waals surface area contributed by atoms with Gasteiger partial charge in [-0.2, -0.15) is 11.8 Å². The zero-order valence-corrected chi connectivity index (χ0v) is 13.2. The van der Waals surface area contributed by atoms with E-state index >= 15 is 0 Å². The van der Waals surface area contributed by atoms with E-state index < -0.39 is 0 Å². The topological polar surface area (TPSA) is 12.0 Å². The standard InChI is InChI=1S/C18H23NS/c1-3-12-20-14-17-8-10-18(11-9-17)19-13-16-6-4-15(2)5-7-16/h4-11,19H,3,12-14H2,1-2H3. The van der Waals surface area contributed by atoms with Crippen LogP contribution in [0.2, 0.25) is 0 Å². The molecule has 0 bridgehead atoms. The number of hydrogen-bond acceptors (Lipinski definition) is 2. The minimum Gasteiger partial charge on any atom is -0.381 e. The highest BCUT2D eigenvalue weighted by Crippen LogP contribution is 2.16. The van der Waals surface area contributed by atoms with Gasteiger partial charge in [-0.1, -0.05) is 48.9 Å². The third kappa shape index (κ3) is 4.93. The highest BCUT2D eigenvalue weighted by Gasteiger charge is 1.96. The summed E-state index contributed by atoms with van der Waals surface area (Å²) in [7, 11) is 0. The van der Waals surface area contributed by atoms with Gasteiger partial charge in [0.05, 0.1) is 0 Å². The van der Waals surface area contributed by atoms with E-state index in [-0.39, 0.29) is 0 Å². The average molecular weight is 285 g/mol. The van der Waals surface area contributed by atoms with Crippen LogP contribution in [0, 0.1) is 6.92 Å². The van der Waals surface area contributed by atoms with Gasteiger partial charge in [-0.05, 0) is 42.4 Å². The van der Waals surface area contributed by atoms with E-state index in [1.165, 1.54) is 34.6 Å². The molecule has 0 atom stereocenters. The maximum absolute atomic E-state index is 3.47. The van der Waals surface area contributed by atoms with Crippen molar-refractivity contribution < 1.29 is 0 Å². The van der Waals surface area contributed by atoms with Crippen LogP contribution in [0.15, 0.2) is 48.5 Å². The molecule has 1 N–H and O–H groups in total. The van der Waals surface area contributed by atoms with Gasteiger partial charge in [0.1, 0.15) is 0 Å². The van der Waals surface area contributed by atoms with Crippen molar-refractivity contribution in [2.24, 2.45) is 0 Å². The number of thioether (sulfide) groups is 1. The van der Waals surface area contributed by atoms with Crippen LogP contribution in [0.25, 0.3) is 0 Å². The van der Waals surface area contributed by atoms with Crippen LogP contribution in [-0.2, 0) is 12.3 Å². The van der Waals surface area contributed by atoms with Crippen molar-refractivity contribution in [3.8, 4) is 0 Å². The summed E-state index contributed by atoms with van der Waals surface area (Å²) < 4.78 is 0. The van der Waals surface area contributed by atoms with Gasteiger partial charge in [0, 0.05) is 18.0 Å². The first-order chi connectivity index (χ1) is 9.78. The third-order valence-electron chi connectivity index (χ3n) is 3.19. The maximum atomic E-state index is 3.47. The quantitative estimate of drug-likeness (QED) is 0.697. The molecule has 2 aromatic rings. The molecule has 0 aliphatic heterocycles. The van der Waals surface area contributed by atoms with Gasteiger partial charge in [-0.25, -0.2) is 0 Å². The number of nitrogens with one attached hydrogen (secondary N) is 1. The molecule has 0 amide bonds. The van der Waals surface area contributed by atoms with Gasteiger partial charge in [0.15, 0.2) is 0 Å². The Kier molecular flexibility index (Phi) is 6.00. The van der Waals surface area contributed by atoms with Crippen molar-refractivity contribution in [2.75, 3.05) is 11.1 Å². The number of rotatable bonds is 7. The van der Waals surface area contributed by atoms with E-state index in [9.17, 15) is 0 Å². The molecule has 0 saturated carbocycles.